The number of rotatable bonds is 4. The van der Waals surface area contributed by atoms with Crippen LogP contribution in [0.3, 0.4) is 0 Å². The van der Waals surface area contributed by atoms with Crippen LogP contribution in [-0.4, -0.2) is 16.9 Å². The van der Waals surface area contributed by atoms with E-state index in [0.29, 0.717) is 28.9 Å². The van der Waals surface area contributed by atoms with Crippen molar-refractivity contribution >= 4 is 11.6 Å². The van der Waals surface area contributed by atoms with Gasteiger partial charge in [0.05, 0.1) is 12.6 Å². The van der Waals surface area contributed by atoms with Crippen molar-refractivity contribution < 1.29 is 4.74 Å². The van der Waals surface area contributed by atoms with Crippen LogP contribution in [0.15, 0.2) is 0 Å². The zero-order chi connectivity index (χ0) is 11.7. The van der Waals surface area contributed by atoms with Gasteiger partial charge in [0, 0.05) is 7.11 Å². The Morgan fingerprint density at radius 3 is 2.88 bits per heavy atom. The lowest BCUT2D eigenvalue weighted by Crippen LogP contribution is -2.09. The maximum atomic E-state index is 9.03. The molecule has 0 bridgehead atoms. The number of nitrogens with zero attached hydrogens (tertiary/aromatic N) is 3. The lowest BCUT2D eigenvalue weighted by Gasteiger charge is -2.11. The molecular weight excluding hydrogens is 226 g/mol. The second-order valence-electron chi connectivity index (χ2n) is 4.18. The Bertz CT molecular complexity index is 431. The van der Waals surface area contributed by atoms with E-state index in [4.69, 9.17) is 21.6 Å². The van der Waals surface area contributed by atoms with Crippen LogP contribution in [0.4, 0.5) is 0 Å². The molecule has 1 aromatic rings. The van der Waals surface area contributed by atoms with E-state index in [-0.39, 0.29) is 6.04 Å². The number of hydrogen-bond donors (Lipinski definition) is 0. The van der Waals surface area contributed by atoms with E-state index >= 15 is 0 Å². The Morgan fingerprint density at radius 1 is 1.69 bits per heavy atom. The first-order valence-electron chi connectivity index (χ1n) is 5.35. The Balaban J connectivity index is 2.35. The summed E-state index contributed by atoms with van der Waals surface area (Å²) in [4.78, 5) is 0. The molecule has 2 rings (SSSR count). The largest absolute Gasteiger partial charge is 0.378 e. The molecule has 1 aromatic heterocycles. The predicted octanol–water partition coefficient (Wildman–Crippen LogP) is 2.53. The molecule has 4 nitrogen and oxygen atoms in total. The van der Waals surface area contributed by atoms with E-state index in [1.54, 1.807) is 11.8 Å². The maximum Gasteiger partial charge on any atom is 0.145 e. The second-order valence-corrected chi connectivity index (χ2v) is 4.54. The summed E-state index contributed by atoms with van der Waals surface area (Å²) in [7, 11) is 1.58. The van der Waals surface area contributed by atoms with E-state index in [0.717, 1.165) is 0 Å². The number of ether oxygens (including phenoxy) is 1. The first-order chi connectivity index (χ1) is 7.69. The Hall–Kier alpha value is -1.05. The van der Waals surface area contributed by atoms with Crippen molar-refractivity contribution in [1.29, 1.82) is 5.26 Å². The van der Waals surface area contributed by atoms with Crippen LogP contribution in [0.2, 0.25) is 5.15 Å². The van der Waals surface area contributed by atoms with Gasteiger partial charge in [0.25, 0.3) is 0 Å². The number of nitriles is 1. The maximum absolute atomic E-state index is 9.03. The van der Waals surface area contributed by atoms with Crippen molar-refractivity contribution in [3.05, 3.63) is 16.4 Å². The topological polar surface area (TPSA) is 50.8 Å². The predicted molar refractivity (Wildman–Crippen MR) is 60.1 cm³/mol. The van der Waals surface area contributed by atoms with Crippen LogP contribution in [0.1, 0.15) is 37.1 Å². The average Bonchev–Trinajstić information content (AvgIpc) is 3.05. The highest BCUT2D eigenvalue weighted by atomic mass is 35.5. The van der Waals surface area contributed by atoms with Gasteiger partial charge in [-0.2, -0.15) is 10.4 Å². The Kier molecular flexibility index (Phi) is 3.17. The van der Waals surface area contributed by atoms with E-state index < -0.39 is 0 Å². The molecule has 1 fully saturated rings. The molecule has 1 unspecified atom stereocenters. The summed E-state index contributed by atoms with van der Waals surface area (Å²) < 4.78 is 6.77. The third-order valence-corrected chi connectivity index (χ3v) is 3.37. The van der Waals surface area contributed by atoms with Gasteiger partial charge in [-0.1, -0.05) is 11.6 Å². The number of halogens is 1. The van der Waals surface area contributed by atoms with Gasteiger partial charge in [-0.25, -0.2) is 4.68 Å². The summed E-state index contributed by atoms with van der Waals surface area (Å²) >= 11 is 6.15. The summed E-state index contributed by atoms with van der Waals surface area (Å²) in [6.07, 6.45) is 2.44. The van der Waals surface area contributed by atoms with Crippen LogP contribution >= 0.6 is 11.6 Å². The molecular formula is C11H14ClN3O. The van der Waals surface area contributed by atoms with Gasteiger partial charge in [0.2, 0.25) is 0 Å². The van der Waals surface area contributed by atoms with Gasteiger partial charge >= 0.3 is 0 Å². The summed E-state index contributed by atoms with van der Waals surface area (Å²) in [6, 6.07) is 2.36. The molecule has 1 saturated carbocycles. The van der Waals surface area contributed by atoms with Gasteiger partial charge in [-0.15, -0.1) is 0 Å². The molecule has 86 valence electrons. The van der Waals surface area contributed by atoms with Gasteiger partial charge in [0.1, 0.15) is 22.5 Å². The van der Waals surface area contributed by atoms with E-state index in [1.165, 1.54) is 12.8 Å². The monoisotopic (exact) mass is 239 g/mol. The summed E-state index contributed by atoms with van der Waals surface area (Å²) in [5, 5.41) is 13.8. The van der Waals surface area contributed by atoms with Crippen molar-refractivity contribution in [3.63, 3.8) is 0 Å². The van der Waals surface area contributed by atoms with Crippen molar-refractivity contribution in [2.75, 3.05) is 7.11 Å². The molecule has 0 amide bonds. The van der Waals surface area contributed by atoms with E-state index in [2.05, 4.69) is 18.1 Å². The number of methoxy groups -OCH3 is 1. The molecule has 1 heterocycles. The molecule has 5 heteroatoms. The molecule has 16 heavy (non-hydrogen) atoms. The minimum Gasteiger partial charge on any atom is -0.378 e. The molecule has 0 saturated heterocycles. The standard InChI is InChI=1S/C11H14ClN3O/c1-7(8-3-4-8)15-11(12)9(5-13)10(14-15)6-16-2/h7-8H,3-4,6H2,1-2H3. The second kappa shape index (κ2) is 4.44. The van der Waals surface area contributed by atoms with Gasteiger partial charge in [0.15, 0.2) is 0 Å². The van der Waals surface area contributed by atoms with Crippen LogP contribution in [0, 0.1) is 17.2 Å². The van der Waals surface area contributed by atoms with Crippen molar-refractivity contribution in [2.24, 2.45) is 5.92 Å². The number of hydrogen-bond acceptors (Lipinski definition) is 3. The smallest absolute Gasteiger partial charge is 0.145 e. The molecule has 0 radical (unpaired) electrons. The molecule has 0 N–H and O–H groups in total. The molecule has 0 aliphatic heterocycles. The fourth-order valence-electron chi connectivity index (χ4n) is 1.85. The normalized spacial score (nSPS) is 17.1. The van der Waals surface area contributed by atoms with Crippen molar-refractivity contribution in [3.8, 4) is 6.07 Å². The molecule has 1 atom stereocenters. The fraction of sp³-hybridized carbons (Fsp3) is 0.636. The van der Waals surface area contributed by atoms with E-state index in [9.17, 15) is 0 Å². The highest BCUT2D eigenvalue weighted by molar-refractivity contribution is 6.30. The number of aromatic nitrogens is 2. The lowest BCUT2D eigenvalue weighted by molar-refractivity contribution is 0.180. The zero-order valence-electron chi connectivity index (χ0n) is 9.40. The summed E-state index contributed by atoms with van der Waals surface area (Å²) in [6.45, 7) is 2.42. The highest BCUT2D eigenvalue weighted by Gasteiger charge is 2.32. The highest BCUT2D eigenvalue weighted by Crippen LogP contribution is 2.40. The van der Waals surface area contributed by atoms with Gasteiger partial charge < -0.3 is 4.74 Å². The zero-order valence-corrected chi connectivity index (χ0v) is 10.2. The van der Waals surface area contributed by atoms with Crippen molar-refractivity contribution in [1.82, 2.24) is 9.78 Å². The first-order valence-corrected chi connectivity index (χ1v) is 5.72. The summed E-state index contributed by atoms with van der Waals surface area (Å²) in [5.41, 5.74) is 1.07. The Morgan fingerprint density at radius 2 is 2.38 bits per heavy atom. The minimum absolute atomic E-state index is 0.269. The average molecular weight is 240 g/mol. The van der Waals surface area contributed by atoms with Crippen molar-refractivity contribution in [2.45, 2.75) is 32.4 Å². The molecule has 1 aliphatic rings. The fourth-order valence-corrected chi connectivity index (χ4v) is 2.20. The van der Waals surface area contributed by atoms with Gasteiger partial charge in [-0.05, 0) is 25.7 Å². The minimum atomic E-state index is 0.269. The van der Waals surface area contributed by atoms with E-state index in [1.807, 2.05) is 0 Å². The molecule has 0 spiro atoms. The SMILES string of the molecule is COCc1nn(C(C)C2CC2)c(Cl)c1C#N. The molecule has 0 aromatic carbocycles. The Labute approximate surface area is 99.8 Å². The first kappa shape index (κ1) is 11.4. The quantitative estimate of drug-likeness (QED) is 0.811. The van der Waals surface area contributed by atoms with Crippen LogP contribution < -0.4 is 0 Å². The lowest BCUT2D eigenvalue weighted by atomic mass is 10.2. The van der Waals surface area contributed by atoms with Crippen LogP contribution in [-0.2, 0) is 11.3 Å². The van der Waals surface area contributed by atoms with Gasteiger partial charge in [-0.3, -0.25) is 0 Å². The van der Waals surface area contributed by atoms with Crippen LogP contribution in [0.5, 0.6) is 0 Å². The third-order valence-electron chi connectivity index (χ3n) is 3.01. The van der Waals surface area contributed by atoms with Crippen LogP contribution in [0.25, 0.3) is 0 Å². The molecule has 1 aliphatic carbocycles. The third kappa shape index (κ3) is 1.93. The summed E-state index contributed by atoms with van der Waals surface area (Å²) in [5.74, 6) is 0.652.